The van der Waals surface area contributed by atoms with Gasteiger partial charge in [-0.2, -0.15) is 0 Å². The van der Waals surface area contributed by atoms with Crippen LogP contribution < -0.4 is 0 Å². The fourth-order valence-electron chi connectivity index (χ4n) is 2.32. The van der Waals surface area contributed by atoms with Crippen molar-refractivity contribution >= 4 is 17.5 Å². The van der Waals surface area contributed by atoms with Crippen LogP contribution in [0.2, 0.25) is 5.02 Å². The van der Waals surface area contributed by atoms with E-state index in [1.54, 1.807) is 11.9 Å². The molecule has 1 aromatic carbocycles. The minimum absolute atomic E-state index is 0.0126. The van der Waals surface area contributed by atoms with Gasteiger partial charge in [-0.1, -0.05) is 11.6 Å². The summed E-state index contributed by atoms with van der Waals surface area (Å²) in [5.74, 6) is -0.806. The predicted molar refractivity (Wildman–Crippen MR) is 80.0 cm³/mol. The molecule has 0 radical (unpaired) electrons. The topological polar surface area (TPSA) is 43.8 Å². The van der Waals surface area contributed by atoms with E-state index in [0.29, 0.717) is 18.7 Å². The number of hydrogen-bond acceptors (Lipinski definition) is 3. The van der Waals surface area contributed by atoms with E-state index in [0.717, 1.165) is 13.0 Å². The monoisotopic (exact) mass is 314 g/mol. The third-order valence-corrected chi connectivity index (χ3v) is 4.26. The molecule has 116 valence electrons. The lowest BCUT2D eigenvalue weighted by Crippen LogP contribution is -2.51. The average molecular weight is 315 g/mol. The predicted octanol–water partition coefficient (Wildman–Crippen LogP) is 2.01. The molecule has 1 atom stereocenters. The highest BCUT2D eigenvalue weighted by molar-refractivity contribution is 6.30. The van der Waals surface area contributed by atoms with Gasteiger partial charge in [0.1, 0.15) is 5.82 Å². The van der Waals surface area contributed by atoms with Crippen LogP contribution in [0.4, 0.5) is 4.39 Å². The quantitative estimate of drug-likeness (QED) is 0.904. The normalized spacial score (nSPS) is 17.4. The molecule has 21 heavy (non-hydrogen) atoms. The first-order valence-corrected chi connectivity index (χ1v) is 7.39. The largest absolute Gasteiger partial charge is 0.390 e. The van der Waals surface area contributed by atoms with Gasteiger partial charge in [-0.25, -0.2) is 4.39 Å². The lowest BCUT2D eigenvalue weighted by atomic mass is 10.1. The Hall–Kier alpha value is -1.17. The molecule has 1 aromatic rings. The zero-order valence-electron chi connectivity index (χ0n) is 12.2. The van der Waals surface area contributed by atoms with Gasteiger partial charge in [0.05, 0.1) is 11.1 Å². The summed E-state index contributed by atoms with van der Waals surface area (Å²) in [5, 5.41) is 9.24. The summed E-state index contributed by atoms with van der Waals surface area (Å²) in [6.07, 6.45) is 0.599. The Balaban J connectivity index is 1.89. The van der Waals surface area contributed by atoms with Crippen molar-refractivity contribution in [2.24, 2.45) is 0 Å². The van der Waals surface area contributed by atoms with Crippen LogP contribution in [0.5, 0.6) is 0 Å². The molecule has 0 spiro atoms. The second-order valence-electron chi connectivity index (χ2n) is 5.60. The van der Waals surface area contributed by atoms with Gasteiger partial charge in [-0.15, -0.1) is 0 Å². The third-order valence-electron chi connectivity index (χ3n) is 3.95. The highest BCUT2D eigenvalue weighted by atomic mass is 35.5. The number of rotatable bonds is 5. The Morgan fingerprint density at radius 2 is 2.24 bits per heavy atom. The Morgan fingerprint density at radius 1 is 1.57 bits per heavy atom. The highest BCUT2D eigenvalue weighted by Crippen LogP contribution is 2.18. The van der Waals surface area contributed by atoms with Gasteiger partial charge in [-0.05, 0) is 31.5 Å². The van der Waals surface area contributed by atoms with Crippen molar-refractivity contribution in [3.63, 3.8) is 0 Å². The molecule has 1 fully saturated rings. The second-order valence-corrected chi connectivity index (χ2v) is 6.00. The second kappa shape index (κ2) is 6.73. The summed E-state index contributed by atoms with van der Waals surface area (Å²) in [6, 6.07) is 4.13. The summed E-state index contributed by atoms with van der Waals surface area (Å²) in [6.45, 7) is 4.20. The lowest BCUT2D eigenvalue weighted by molar-refractivity contribution is -0.00145. The van der Waals surface area contributed by atoms with Crippen LogP contribution in [0.3, 0.4) is 0 Å². The van der Waals surface area contributed by atoms with Crippen LogP contribution in [-0.4, -0.2) is 59.6 Å². The molecular formula is C15H20ClFN2O2. The molecule has 1 N–H and O–H groups in total. The van der Waals surface area contributed by atoms with E-state index in [2.05, 4.69) is 4.90 Å². The van der Waals surface area contributed by atoms with Gasteiger partial charge in [0.15, 0.2) is 0 Å². The Labute approximate surface area is 129 Å². The van der Waals surface area contributed by atoms with Crippen LogP contribution in [0.15, 0.2) is 18.2 Å². The number of halogens is 2. The summed E-state index contributed by atoms with van der Waals surface area (Å²) in [7, 11) is 1.71. The van der Waals surface area contributed by atoms with Crippen molar-refractivity contribution in [3.8, 4) is 0 Å². The molecule has 2 rings (SSSR count). The molecule has 0 saturated carbocycles. The molecule has 6 heteroatoms. The van der Waals surface area contributed by atoms with Crippen LogP contribution in [0.1, 0.15) is 23.7 Å². The smallest absolute Gasteiger partial charge is 0.253 e. The van der Waals surface area contributed by atoms with E-state index in [4.69, 9.17) is 11.6 Å². The Bertz CT molecular complexity index is 520. The zero-order valence-corrected chi connectivity index (χ0v) is 13.0. The SMILES string of the molecule is CC(CCN1CC(O)C1)N(C)C(=O)c1ccc(Cl)c(F)c1. The number of β-amino-alcohol motifs (C(OH)–C–C–N with tert-alkyl or cyclic N) is 1. The van der Waals surface area contributed by atoms with Crippen LogP contribution in [-0.2, 0) is 0 Å². The average Bonchev–Trinajstić information content (AvgIpc) is 2.43. The van der Waals surface area contributed by atoms with E-state index in [9.17, 15) is 14.3 Å². The number of aliphatic hydroxyl groups excluding tert-OH is 1. The van der Waals surface area contributed by atoms with E-state index in [1.165, 1.54) is 18.2 Å². The van der Waals surface area contributed by atoms with Gasteiger partial charge < -0.3 is 10.0 Å². The summed E-state index contributed by atoms with van der Waals surface area (Å²) >= 11 is 5.62. The first-order valence-electron chi connectivity index (χ1n) is 7.01. The maximum absolute atomic E-state index is 13.4. The molecule has 1 aliphatic rings. The molecule has 4 nitrogen and oxygen atoms in total. The van der Waals surface area contributed by atoms with Gasteiger partial charge in [0.25, 0.3) is 5.91 Å². The molecule has 1 unspecified atom stereocenters. The number of nitrogens with zero attached hydrogens (tertiary/aromatic N) is 2. The highest BCUT2D eigenvalue weighted by Gasteiger charge is 2.25. The minimum atomic E-state index is -0.585. The van der Waals surface area contributed by atoms with Gasteiger partial charge >= 0.3 is 0 Å². The number of benzene rings is 1. The molecule has 1 saturated heterocycles. The first-order chi connectivity index (χ1) is 9.88. The van der Waals surface area contributed by atoms with Crippen molar-refractivity contribution in [1.29, 1.82) is 0 Å². The number of carbonyl (C=O) groups is 1. The Kier molecular flexibility index (Phi) is 5.19. The number of amides is 1. The van der Waals surface area contributed by atoms with E-state index in [-0.39, 0.29) is 23.1 Å². The molecule has 0 aliphatic carbocycles. The van der Waals surface area contributed by atoms with Crippen molar-refractivity contribution in [2.75, 3.05) is 26.7 Å². The van der Waals surface area contributed by atoms with E-state index in [1.807, 2.05) is 6.92 Å². The standard InChI is InChI=1S/C15H20ClFN2O2/c1-10(5-6-19-8-12(20)9-19)18(2)15(21)11-3-4-13(16)14(17)7-11/h3-4,7,10,12,20H,5-6,8-9H2,1-2H3. The lowest BCUT2D eigenvalue weighted by Gasteiger charge is -2.37. The van der Waals surface area contributed by atoms with Crippen LogP contribution >= 0.6 is 11.6 Å². The molecular weight excluding hydrogens is 295 g/mol. The number of aliphatic hydroxyl groups is 1. The van der Waals surface area contributed by atoms with Crippen molar-refractivity contribution in [2.45, 2.75) is 25.5 Å². The van der Waals surface area contributed by atoms with E-state index < -0.39 is 5.82 Å². The fourth-order valence-corrected chi connectivity index (χ4v) is 2.44. The molecule has 1 heterocycles. The maximum Gasteiger partial charge on any atom is 0.253 e. The molecule has 1 amide bonds. The van der Waals surface area contributed by atoms with Crippen LogP contribution in [0, 0.1) is 5.82 Å². The zero-order chi connectivity index (χ0) is 15.6. The molecule has 1 aliphatic heterocycles. The van der Waals surface area contributed by atoms with Gasteiger partial charge in [-0.3, -0.25) is 9.69 Å². The summed E-state index contributed by atoms with van der Waals surface area (Å²) in [4.78, 5) is 16.0. The van der Waals surface area contributed by atoms with Crippen molar-refractivity contribution < 1.29 is 14.3 Å². The molecule has 0 bridgehead atoms. The maximum atomic E-state index is 13.4. The van der Waals surface area contributed by atoms with Crippen LogP contribution in [0.25, 0.3) is 0 Å². The Morgan fingerprint density at radius 3 is 2.81 bits per heavy atom. The third kappa shape index (κ3) is 3.93. The van der Waals surface area contributed by atoms with Gasteiger partial charge in [0.2, 0.25) is 0 Å². The minimum Gasteiger partial charge on any atom is -0.390 e. The van der Waals surface area contributed by atoms with Gasteiger partial charge in [0, 0.05) is 38.3 Å². The van der Waals surface area contributed by atoms with E-state index >= 15 is 0 Å². The summed E-state index contributed by atoms with van der Waals surface area (Å²) in [5.41, 5.74) is 0.297. The number of carbonyl (C=O) groups excluding carboxylic acids is 1. The number of likely N-dealkylation sites (tertiary alicyclic amines) is 1. The fraction of sp³-hybridized carbons (Fsp3) is 0.533. The van der Waals surface area contributed by atoms with Crippen molar-refractivity contribution in [3.05, 3.63) is 34.6 Å². The molecule has 0 aromatic heterocycles. The first kappa shape index (κ1) is 16.2. The van der Waals surface area contributed by atoms with Crippen molar-refractivity contribution in [1.82, 2.24) is 9.80 Å². The summed E-state index contributed by atoms with van der Waals surface area (Å²) < 4.78 is 13.4. The number of hydrogen-bond donors (Lipinski definition) is 1.